The molecule has 0 atom stereocenters. The SMILES string of the molecule is CCCCCCCC[N+]1(CCCCCCCC)SC=CC1=O. The zero-order valence-corrected chi connectivity index (χ0v) is 15.6. The van der Waals surface area contributed by atoms with E-state index in [0.29, 0.717) is 9.80 Å². The number of hydrogen-bond donors (Lipinski definition) is 0. The smallest absolute Gasteiger partial charge is 0.225 e. The number of carbonyl (C=O) groups is 1. The molecule has 0 spiro atoms. The minimum atomic E-state index is 0.326. The van der Waals surface area contributed by atoms with Gasteiger partial charge in [-0.25, -0.2) is 4.79 Å². The normalized spacial score (nSPS) is 16.5. The number of hydrogen-bond acceptors (Lipinski definition) is 2. The lowest BCUT2D eigenvalue weighted by Gasteiger charge is -2.28. The van der Waals surface area contributed by atoms with Crippen LogP contribution >= 0.6 is 11.9 Å². The zero-order valence-electron chi connectivity index (χ0n) is 14.8. The van der Waals surface area contributed by atoms with E-state index in [1.54, 1.807) is 18.0 Å². The van der Waals surface area contributed by atoms with Crippen molar-refractivity contribution >= 4 is 17.9 Å². The van der Waals surface area contributed by atoms with Crippen LogP contribution in [0.15, 0.2) is 11.5 Å². The van der Waals surface area contributed by atoms with Gasteiger partial charge < -0.3 is 0 Å². The van der Waals surface area contributed by atoms with Gasteiger partial charge in [-0.1, -0.05) is 65.2 Å². The lowest BCUT2D eigenvalue weighted by Crippen LogP contribution is -2.44. The maximum absolute atomic E-state index is 12.3. The molecule has 0 N–H and O–H groups in total. The summed E-state index contributed by atoms with van der Waals surface area (Å²) in [6, 6.07) is 0. The molecule has 128 valence electrons. The maximum Gasteiger partial charge on any atom is 0.351 e. The molecule has 22 heavy (non-hydrogen) atoms. The summed E-state index contributed by atoms with van der Waals surface area (Å²) in [6.45, 7) is 6.56. The molecule has 1 heterocycles. The molecular weight excluding hydrogens is 290 g/mol. The van der Waals surface area contributed by atoms with E-state index in [4.69, 9.17) is 0 Å². The summed E-state index contributed by atoms with van der Waals surface area (Å²) in [5, 5.41) is 2.01. The van der Waals surface area contributed by atoms with Crippen LogP contribution < -0.4 is 0 Å². The monoisotopic (exact) mass is 326 g/mol. The molecule has 2 nitrogen and oxygen atoms in total. The second kappa shape index (κ2) is 12.2. The molecule has 0 aromatic heterocycles. The third kappa shape index (κ3) is 7.32. The lowest BCUT2D eigenvalue weighted by atomic mass is 10.1. The number of nitrogens with zero attached hydrogens (tertiary/aromatic N) is 1. The first-order chi connectivity index (χ1) is 10.7. The Morgan fingerprint density at radius 3 is 1.64 bits per heavy atom. The molecule has 1 rings (SSSR count). The highest BCUT2D eigenvalue weighted by Crippen LogP contribution is 2.33. The van der Waals surface area contributed by atoms with E-state index in [1.807, 2.05) is 5.41 Å². The van der Waals surface area contributed by atoms with Gasteiger partial charge in [0.05, 0.1) is 19.2 Å². The van der Waals surface area contributed by atoms with E-state index < -0.39 is 0 Å². The van der Waals surface area contributed by atoms with Gasteiger partial charge in [-0.05, 0) is 25.7 Å². The molecule has 0 aromatic carbocycles. The number of quaternary nitrogens is 1. The van der Waals surface area contributed by atoms with E-state index in [-0.39, 0.29) is 0 Å². The van der Waals surface area contributed by atoms with E-state index in [9.17, 15) is 4.79 Å². The van der Waals surface area contributed by atoms with Gasteiger partial charge in [0.25, 0.3) is 0 Å². The molecule has 1 aliphatic heterocycles. The van der Waals surface area contributed by atoms with Crippen LogP contribution in [0.2, 0.25) is 0 Å². The quantitative estimate of drug-likeness (QED) is 0.214. The van der Waals surface area contributed by atoms with Crippen LogP contribution in [0.25, 0.3) is 0 Å². The summed E-state index contributed by atoms with van der Waals surface area (Å²) in [5.74, 6) is 0.326. The highest BCUT2D eigenvalue weighted by Gasteiger charge is 2.39. The van der Waals surface area contributed by atoms with Gasteiger partial charge in [0, 0.05) is 5.41 Å². The van der Waals surface area contributed by atoms with Crippen LogP contribution in [0.5, 0.6) is 0 Å². The summed E-state index contributed by atoms with van der Waals surface area (Å²) >= 11 is 1.74. The van der Waals surface area contributed by atoms with Crippen LogP contribution in [0.1, 0.15) is 90.9 Å². The number of rotatable bonds is 14. The Bertz CT molecular complexity index is 311. The molecule has 0 bridgehead atoms. The molecule has 0 aromatic rings. The maximum atomic E-state index is 12.3. The van der Waals surface area contributed by atoms with Gasteiger partial charge in [-0.3, -0.25) is 0 Å². The average Bonchev–Trinajstić information content (AvgIpc) is 2.88. The summed E-state index contributed by atoms with van der Waals surface area (Å²) < 4.78 is 0.640. The van der Waals surface area contributed by atoms with Crippen molar-refractivity contribution in [3.8, 4) is 0 Å². The van der Waals surface area contributed by atoms with Gasteiger partial charge >= 0.3 is 5.91 Å². The van der Waals surface area contributed by atoms with Crippen molar-refractivity contribution in [2.45, 2.75) is 90.9 Å². The Labute approximate surface area is 142 Å². The summed E-state index contributed by atoms with van der Waals surface area (Å²) in [6.07, 6.45) is 17.4. The third-order valence-corrected chi connectivity index (χ3v) is 5.83. The van der Waals surface area contributed by atoms with Crippen molar-refractivity contribution in [1.82, 2.24) is 0 Å². The van der Waals surface area contributed by atoms with Gasteiger partial charge in [0.2, 0.25) is 0 Å². The summed E-state index contributed by atoms with van der Waals surface area (Å²) in [5.41, 5.74) is 0. The fourth-order valence-electron chi connectivity index (χ4n) is 3.13. The molecule has 0 fully saturated rings. The largest absolute Gasteiger partial charge is 0.351 e. The Kier molecular flexibility index (Phi) is 10.9. The van der Waals surface area contributed by atoms with Crippen molar-refractivity contribution in [1.29, 1.82) is 0 Å². The second-order valence-electron chi connectivity index (χ2n) is 6.62. The van der Waals surface area contributed by atoms with Crippen LogP contribution in [-0.4, -0.2) is 22.9 Å². The van der Waals surface area contributed by atoms with Crippen molar-refractivity contribution in [2.24, 2.45) is 0 Å². The third-order valence-electron chi connectivity index (χ3n) is 4.62. The first-order valence-corrected chi connectivity index (χ1v) is 10.4. The van der Waals surface area contributed by atoms with Crippen molar-refractivity contribution in [2.75, 3.05) is 13.1 Å². The van der Waals surface area contributed by atoms with E-state index in [1.165, 1.54) is 77.0 Å². The number of unbranched alkanes of at least 4 members (excludes halogenated alkanes) is 10. The molecule has 0 saturated heterocycles. The van der Waals surface area contributed by atoms with Gasteiger partial charge in [0.1, 0.15) is 11.9 Å². The van der Waals surface area contributed by atoms with Crippen molar-refractivity contribution < 1.29 is 8.68 Å². The molecule has 0 saturated carbocycles. The van der Waals surface area contributed by atoms with E-state index in [0.717, 1.165) is 13.1 Å². The highest BCUT2D eigenvalue weighted by atomic mass is 32.2. The molecule has 1 aliphatic rings. The lowest BCUT2D eigenvalue weighted by molar-refractivity contribution is -0.712. The first kappa shape index (κ1) is 19.8. The molecule has 3 heteroatoms. The van der Waals surface area contributed by atoms with E-state index in [2.05, 4.69) is 13.8 Å². The second-order valence-corrected chi connectivity index (χ2v) is 7.80. The Morgan fingerprint density at radius 1 is 0.773 bits per heavy atom. The number of carbonyl (C=O) groups excluding carboxylic acids is 1. The van der Waals surface area contributed by atoms with Crippen molar-refractivity contribution in [3.63, 3.8) is 0 Å². The Morgan fingerprint density at radius 2 is 1.23 bits per heavy atom. The number of amides is 1. The molecule has 1 amide bonds. The van der Waals surface area contributed by atoms with E-state index >= 15 is 0 Å². The predicted molar refractivity (Wildman–Crippen MR) is 98.5 cm³/mol. The fourth-order valence-corrected chi connectivity index (χ4v) is 4.17. The summed E-state index contributed by atoms with van der Waals surface area (Å²) in [7, 11) is 0. The van der Waals surface area contributed by atoms with Gasteiger partial charge in [-0.2, -0.15) is 3.89 Å². The molecular formula is C19H36NOS+. The molecule has 0 unspecified atom stereocenters. The Balaban J connectivity index is 2.23. The predicted octanol–water partition coefficient (Wildman–Crippen LogP) is 6.23. The zero-order chi connectivity index (χ0) is 16.1. The summed E-state index contributed by atoms with van der Waals surface area (Å²) in [4.78, 5) is 12.3. The molecule has 0 radical (unpaired) electrons. The van der Waals surface area contributed by atoms with Crippen LogP contribution in [-0.2, 0) is 4.79 Å². The highest BCUT2D eigenvalue weighted by molar-refractivity contribution is 7.97. The topological polar surface area (TPSA) is 17.1 Å². The minimum absolute atomic E-state index is 0.326. The molecule has 0 aliphatic carbocycles. The van der Waals surface area contributed by atoms with Crippen LogP contribution in [0.3, 0.4) is 0 Å². The first-order valence-electron chi connectivity index (χ1n) is 9.51. The standard InChI is InChI=1S/C19H36NOS/c1-3-5-7-9-11-13-16-20(19(21)15-18-22-20)17-14-12-10-8-6-4-2/h15,18H,3-14,16-17H2,1-2H3/q+1. The minimum Gasteiger partial charge on any atom is -0.225 e. The Hall–Kier alpha value is -0.280. The van der Waals surface area contributed by atoms with Crippen LogP contribution in [0.4, 0.5) is 0 Å². The van der Waals surface area contributed by atoms with Gasteiger partial charge in [0.15, 0.2) is 0 Å². The van der Waals surface area contributed by atoms with Gasteiger partial charge in [-0.15, -0.1) is 0 Å². The average molecular weight is 327 g/mol. The van der Waals surface area contributed by atoms with Crippen LogP contribution in [0, 0.1) is 0 Å². The fraction of sp³-hybridized carbons (Fsp3) is 0.842. The van der Waals surface area contributed by atoms with Crippen molar-refractivity contribution in [3.05, 3.63) is 11.5 Å².